The first kappa shape index (κ1) is 28.2. The van der Waals surface area contributed by atoms with Crippen LogP contribution in [0.2, 0.25) is 0 Å². The molecule has 9 heteroatoms. The number of nitrogens with zero attached hydrogens (tertiary/aromatic N) is 3. The number of fused-ring (bicyclic) bond motifs is 1. The summed E-state index contributed by atoms with van der Waals surface area (Å²) in [6, 6.07) is 13.8. The molecule has 4 rings (SSSR count). The molecule has 0 aliphatic heterocycles. The van der Waals surface area contributed by atoms with Crippen molar-refractivity contribution in [3.05, 3.63) is 59.9 Å². The van der Waals surface area contributed by atoms with Crippen molar-refractivity contribution in [2.24, 2.45) is 11.8 Å². The van der Waals surface area contributed by atoms with Crippen molar-refractivity contribution < 1.29 is 22.7 Å². The predicted molar refractivity (Wildman–Crippen MR) is 140 cm³/mol. The number of rotatable bonds is 6. The molecule has 0 unspecified atom stereocenters. The first-order chi connectivity index (χ1) is 17.5. The van der Waals surface area contributed by atoms with Crippen LogP contribution in [0.5, 0.6) is 5.75 Å². The van der Waals surface area contributed by atoms with E-state index in [1.54, 1.807) is 6.07 Å². The Morgan fingerprint density at radius 2 is 1.68 bits per heavy atom. The molecule has 6 nitrogen and oxygen atoms in total. The molecule has 0 bridgehead atoms. The lowest BCUT2D eigenvalue weighted by Gasteiger charge is -2.26. The Morgan fingerprint density at radius 3 is 2.35 bits per heavy atom. The van der Waals surface area contributed by atoms with E-state index in [4.69, 9.17) is 0 Å². The van der Waals surface area contributed by atoms with Gasteiger partial charge in [-0.25, -0.2) is 9.97 Å². The minimum absolute atomic E-state index is 0.116. The Hall–Kier alpha value is -3.36. The number of aryl methyl sites for hydroxylation is 1. The van der Waals surface area contributed by atoms with Crippen molar-refractivity contribution in [3.8, 4) is 5.75 Å². The molecule has 2 aromatic carbocycles. The van der Waals surface area contributed by atoms with Gasteiger partial charge in [-0.15, -0.1) is 13.2 Å². The highest BCUT2D eigenvalue weighted by molar-refractivity contribution is 5.89. The summed E-state index contributed by atoms with van der Waals surface area (Å²) < 4.78 is 41.0. The maximum absolute atomic E-state index is 12.4. The molecule has 1 amide bonds. The summed E-state index contributed by atoms with van der Waals surface area (Å²) in [5.74, 6) is 2.41. The number of carbonyl (C=O) groups excluding carboxylic acids is 1. The van der Waals surface area contributed by atoms with E-state index in [0.717, 1.165) is 41.3 Å². The third-order valence-corrected chi connectivity index (χ3v) is 6.39. The van der Waals surface area contributed by atoms with Crippen LogP contribution in [0, 0.1) is 18.8 Å². The molecule has 0 atom stereocenters. The average molecular weight is 517 g/mol. The van der Waals surface area contributed by atoms with Gasteiger partial charge in [-0.05, 0) is 49.8 Å². The van der Waals surface area contributed by atoms with Gasteiger partial charge in [0.25, 0.3) is 0 Å². The van der Waals surface area contributed by atoms with E-state index >= 15 is 0 Å². The van der Waals surface area contributed by atoms with Crippen LogP contribution in [0.15, 0.2) is 48.5 Å². The van der Waals surface area contributed by atoms with E-state index in [-0.39, 0.29) is 23.6 Å². The molecule has 1 saturated carbocycles. The van der Waals surface area contributed by atoms with Crippen molar-refractivity contribution in [1.82, 2.24) is 15.3 Å². The van der Waals surface area contributed by atoms with Gasteiger partial charge in [0.2, 0.25) is 5.91 Å². The minimum Gasteiger partial charge on any atom is -0.405 e. The summed E-state index contributed by atoms with van der Waals surface area (Å²) >= 11 is 0. The van der Waals surface area contributed by atoms with Crippen LogP contribution in [0.4, 0.5) is 19.0 Å². The molecular weight excluding hydrogens is 481 g/mol. The summed E-state index contributed by atoms with van der Waals surface area (Å²) in [5.41, 5.74) is 1.24. The van der Waals surface area contributed by atoms with Gasteiger partial charge in [-0.3, -0.25) is 4.79 Å². The molecule has 1 fully saturated rings. The second kappa shape index (κ2) is 12.7. The van der Waals surface area contributed by atoms with Crippen LogP contribution in [-0.2, 0) is 11.2 Å². The van der Waals surface area contributed by atoms with Gasteiger partial charge in [0.05, 0.1) is 11.9 Å². The number of amides is 1. The molecule has 3 aromatic rings. The molecule has 1 heterocycles. The topological polar surface area (TPSA) is 67.3 Å². The van der Waals surface area contributed by atoms with Gasteiger partial charge in [0.1, 0.15) is 17.4 Å². The lowest BCUT2D eigenvalue weighted by molar-refractivity contribution is -0.274. The molecule has 200 valence electrons. The van der Waals surface area contributed by atoms with E-state index in [0.29, 0.717) is 12.5 Å². The third-order valence-electron chi connectivity index (χ3n) is 6.39. The first-order valence-electron chi connectivity index (χ1n) is 12.5. The zero-order valence-electron chi connectivity index (χ0n) is 21.8. The molecule has 0 radical (unpaired) electrons. The molecule has 37 heavy (non-hydrogen) atoms. The zero-order valence-corrected chi connectivity index (χ0v) is 21.8. The highest BCUT2D eigenvalue weighted by Gasteiger charge is 2.32. The number of carbonyl (C=O) groups is 1. The zero-order chi connectivity index (χ0) is 27.0. The third kappa shape index (κ3) is 8.91. The van der Waals surface area contributed by atoms with Gasteiger partial charge < -0.3 is 15.0 Å². The highest BCUT2D eigenvalue weighted by atomic mass is 19.4. The van der Waals surface area contributed by atoms with Crippen molar-refractivity contribution >= 4 is 22.6 Å². The lowest BCUT2D eigenvalue weighted by atomic mass is 9.83. The van der Waals surface area contributed by atoms with Crippen molar-refractivity contribution in [2.45, 2.75) is 52.3 Å². The summed E-state index contributed by atoms with van der Waals surface area (Å²) in [7, 11) is 3.99. The number of aromatic nitrogens is 2. The average Bonchev–Trinajstić information content (AvgIpc) is 2.84. The first-order valence-corrected chi connectivity index (χ1v) is 12.5. The smallest absolute Gasteiger partial charge is 0.405 e. The van der Waals surface area contributed by atoms with Gasteiger partial charge in [-0.1, -0.05) is 50.1 Å². The summed E-state index contributed by atoms with van der Waals surface area (Å²) in [6.45, 7) is 4.74. The Labute approximate surface area is 216 Å². The number of alkyl halides is 3. The summed E-state index contributed by atoms with van der Waals surface area (Å²) in [6.07, 6.45) is -0.350. The van der Waals surface area contributed by atoms with Gasteiger partial charge in [-0.2, -0.15) is 0 Å². The maximum atomic E-state index is 12.4. The molecule has 1 N–H and O–H groups in total. The van der Waals surface area contributed by atoms with E-state index in [1.807, 2.05) is 50.2 Å². The van der Waals surface area contributed by atoms with E-state index < -0.39 is 6.36 Å². The second-order valence-electron chi connectivity index (χ2n) is 9.77. The second-order valence-corrected chi connectivity index (χ2v) is 9.77. The number of nitrogens with one attached hydrogen (secondary N) is 1. The highest BCUT2D eigenvalue weighted by Crippen LogP contribution is 2.28. The molecule has 1 aliphatic rings. The van der Waals surface area contributed by atoms with Gasteiger partial charge >= 0.3 is 6.36 Å². The summed E-state index contributed by atoms with van der Waals surface area (Å²) in [5, 5.41) is 3.93. The Bertz CT molecular complexity index is 1180. The van der Waals surface area contributed by atoms with Crippen LogP contribution in [0.25, 0.3) is 10.9 Å². The maximum Gasteiger partial charge on any atom is 0.573 e. The minimum atomic E-state index is -4.76. The normalized spacial score (nSPS) is 17.5. The fourth-order valence-corrected chi connectivity index (χ4v) is 4.41. The number of hydrogen-bond donors (Lipinski definition) is 1. The molecule has 0 saturated heterocycles. The van der Waals surface area contributed by atoms with Gasteiger partial charge in [0, 0.05) is 31.6 Å². The predicted octanol–water partition coefficient (Wildman–Crippen LogP) is 6.07. The fourth-order valence-electron chi connectivity index (χ4n) is 4.41. The van der Waals surface area contributed by atoms with E-state index in [2.05, 4.69) is 26.9 Å². The van der Waals surface area contributed by atoms with Crippen LogP contribution in [0.3, 0.4) is 0 Å². The Kier molecular flexibility index (Phi) is 9.72. The number of hydrogen-bond acceptors (Lipinski definition) is 5. The Balaban J connectivity index is 0.000000231. The molecule has 1 aliphatic carbocycles. The quantitative estimate of drug-likeness (QED) is 0.431. The Morgan fingerprint density at radius 1 is 1.03 bits per heavy atom. The van der Waals surface area contributed by atoms with Crippen LogP contribution < -0.4 is 15.0 Å². The van der Waals surface area contributed by atoms with Crippen LogP contribution >= 0.6 is 0 Å². The molecule has 1 aromatic heterocycles. The van der Waals surface area contributed by atoms with Crippen molar-refractivity contribution in [1.29, 1.82) is 0 Å². The fraction of sp³-hybridized carbons (Fsp3) is 0.464. The van der Waals surface area contributed by atoms with Gasteiger partial charge in [0.15, 0.2) is 0 Å². The number of benzene rings is 2. The monoisotopic (exact) mass is 516 g/mol. The van der Waals surface area contributed by atoms with E-state index in [1.165, 1.54) is 31.0 Å². The summed E-state index contributed by atoms with van der Waals surface area (Å²) in [4.78, 5) is 22.8. The van der Waals surface area contributed by atoms with E-state index in [9.17, 15) is 18.0 Å². The number of halogens is 3. The lowest BCUT2D eigenvalue weighted by Crippen LogP contribution is -2.32. The number of anilines is 1. The SMILES string of the molecule is CC1CCC(CNC(=O)Cc2ccccc2OC(F)(F)F)CC1.Cc1nc(N(C)C)c2ccccc2n1. The number of ether oxygens (including phenoxy) is 1. The largest absolute Gasteiger partial charge is 0.573 e. The van der Waals surface area contributed by atoms with Crippen LogP contribution in [0.1, 0.15) is 44.0 Å². The standard InChI is InChI=1S/C17H22F3NO2.C11H13N3/c1-12-6-8-13(9-7-12)11-21-16(22)10-14-4-2-3-5-15(14)23-17(18,19)20;1-8-12-10-7-5-4-6-9(10)11(13-8)14(2)3/h2-5,12-13H,6-11H2,1H3,(H,21,22);4-7H,1-3H3. The van der Waals surface area contributed by atoms with Crippen molar-refractivity contribution in [2.75, 3.05) is 25.5 Å². The van der Waals surface area contributed by atoms with Crippen LogP contribution in [-0.4, -0.2) is 42.9 Å². The molecule has 0 spiro atoms. The molecular formula is C28H35F3N4O2. The van der Waals surface area contributed by atoms with Crippen molar-refractivity contribution in [3.63, 3.8) is 0 Å². The number of para-hydroxylation sites is 2.